The van der Waals surface area contributed by atoms with Crippen LogP contribution in [0.4, 0.5) is 10.1 Å². The Kier molecular flexibility index (Phi) is 3.87. The molecule has 4 heteroatoms. The van der Waals surface area contributed by atoms with Gasteiger partial charge in [0.1, 0.15) is 5.82 Å². The molecule has 0 aliphatic rings. The van der Waals surface area contributed by atoms with Crippen molar-refractivity contribution >= 4 is 28.9 Å². The number of benzene rings is 2. The van der Waals surface area contributed by atoms with Crippen LogP contribution >= 0.6 is 23.2 Å². The van der Waals surface area contributed by atoms with Gasteiger partial charge in [0, 0.05) is 27.8 Å². The largest absolute Gasteiger partial charge is 0.381 e. The summed E-state index contributed by atoms with van der Waals surface area (Å²) < 4.78 is 13.5. The summed E-state index contributed by atoms with van der Waals surface area (Å²) in [6, 6.07) is 11.9. The van der Waals surface area contributed by atoms with Crippen molar-refractivity contribution in [3.63, 3.8) is 0 Å². The molecule has 0 saturated carbocycles. The van der Waals surface area contributed by atoms with E-state index in [1.54, 1.807) is 24.3 Å². The highest BCUT2D eigenvalue weighted by molar-refractivity contribution is 6.31. The molecule has 0 unspecified atom stereocenters. The van der Waals surface area contributed by atoms with Crippen LogP contribution in [0.5, 0.6) is 0 Å². The van der Waals surface area contributed by atoms with Gasteiger partial charge in [-0.2, -0.15) is 0 Å². The van der Waals surface area contributed by atoms with Gasteiger partial charge in [-0.1, -0.05) is 29.3 Å². The van der Waals surface area contributed by atoms with E-state index in [4.69, 9.17) is 23.2 Å². The summed E-state index contributed by atoms with van der Waals surface area (Å²) in [6.07, 6.45) is 0. The highest BCUT2D eigenvalue weighted by Gasteiger charge is 2.06. The fraction of sp³-hybridized carbons (Fsp3) is 0.0769. The first kappa shape index (κ1) is 12.2. The Bertz CT molecular complexity index is 491. The van der Waals surface area contributed by atoms with E-state index in [-0.39, 0.29) is 5.82 Å². The van der Waals surface area contributed by atoms with Crippen molar-refractivity contribution in [1.82, 2.24) is 0 Å². The van der Waals surface area contributed by atoms with Gasteiger partial charge >= 0.3 is 0 Å². The Balaban J connectivity index is 2.10. The summed E-state index contributed by atoms with van der Waals surface area (Å²) in [4.78, 5) is 0. The zero-order chi connectivity index (χ0) is 12.3. The highest BCUT2D eigenvalue weighted by Crippen LogP contribution is 2.21. The highest BCUT2D eigenvalue weighted by atomic mass is 35.5. The van der Waals surface area contributed by atoms with Crippen molar-refractivity contribution in [2.45, 2.75) is 6.54 Å². The smallest absolute Gasteiger partial charge is 0.129 e. The van der Waals surface area contributed by atoms with E-state index in [9.17, 15) is 4.39 Å². The summed E-state index contributed by atoms with van der Waals surface area (Å²) >= 11 is 11.7. The first-order valence-corrected chi connectivity index (χ1v) is 5.85. The van der Waals surface area contributed by atoms with Crippen molar-refractivity contribution in [1.29, 1.82) is 0 Å². The Labute approximate surface area is 109 Å². The first-order valence-electron chi connectivity index (χ1n) is 5.09. The van der Waals surface area contributed by atoms with Crippen molar-refractivity contribution in [2.24, 2.45) is 0 Å². The molecule has 0 aromatic heterocycles. The number of hydrogen-bond acceptors (Lipinski definition) is 1. The van der Waals surface area contributed by atoms with E-state index in [1.807, 2.05) is 12.1 Å². The molecule has 0 fully saturated rings. The molecule has 0 spiro atoms. The van der Waals surface area contributed by atoms with E-state index in [2.05, 4.69) is 5.32 Å². The van der Waals surface area contributed by atoms with E-state index in [1.165, 1.54) is 6.07 Å². The average molecular weight is 270 g/mol. The topological polar surface area (TPSA) is 12.0 Å². The van der Waals surface area contributed by atoms with Gasteiger partial charge in [-0.05, 0) is 36.4 Å². The van der Waals surface area contributed by atoms with Gasteiger partial charge in [0.2, 0.25) is 0 Å². The van der Waals surface area contributed by atoms with Gasteiger partial charge in [0.15, 0.2) is 0 Å². The molecule has 88 valence electrons. The third kappa shape index (κ3) is 3.11. The maximum absolute atomic E-state index is 13.5. The summed E-state index contributed by atoms with van der Waals surface area (Å²) in [5.41, 5.74) is 1.33. The summed E-state index contributed by atoms with van der Waals surface area (Å²) in [7, 11) is 0. The minimum absolute atomic E-state index is 0.307. The molecular weight excluding hydrogens is 260 g/mol. The second-order valence-electron chi connectivity index (χ2n) is 3.56. The Morgan fingerprint density at radius 1 is 1.00 bits per heavy atom. The Morgan fingerprint density at radius 3 is 2.35 bits per heavy atom. The zero-order valence-corrected chi connectivity index (χ0v) is 10.4. The van der Waals surface area contributed by atoms with Crippen LogP contribution in [0, 0.1) is 5.82 Å². The zero-order valence-electron chi connectivity index (χ0n) is 8.88. The number of anilines is 1. The molecule has 2 rings (SSSR count). The van der Waals surface area contributed by atoms with E-state index >= 15 is 0 Å². The molecule has 1 N–H and O–H groups in total. The third-order valence-electron chi connectivity index (χ3n) is 2.38. The molecule has 0 amide bonds. The molecule has 0 radical (unpaired) electrons. The lowest BCUT2D eigenvalue weighted by atomic mass is 10.2. The second-order valence-corrected chi connectivity index (χ2v) is 4.40. The minimum Gasteiger partial charge on any atom is -0.381 e. The van der Waals surface area contributed by atoms with Crippen LogP contribution in [-0.2, 0) is 6.54 Å². The fourth-order valence-corrected chi connectivity index (χ4v) is 1.82. The molecule has 0 bridgehead atoms. The van der Waals surface area contributed by atoms with Crippen molar-refractivity contribution < 1.29 is 4.39 Å². The van der Waals surface area contributed by atoms with Gasteiger partial charge in [-0.15, -0.1) is 0 Å². The van der Waals surface area contributed by atoms with Gasteiger partial charge < -0.3 is 5.32 Å². The first-order chi connectivity index (χ1) is 8.16. The fourth-order valence-electron chi connectivity index (χ4n) is 1.46. The maximum Gasteiger partial charge on any atom is 0.129 e. The van der Waals surface area contributed by atoms with E-state index < -0.39 is 0 Å². The molecule has 0 heterocycles. The van der Waals surface area contributed by atoms with Crippen molar-refractivity contribution in [3.8, 4) is 0 Å². The SMILES string of the molecule is Fc1cccc(Cl)c1CNc1ccc(Cl)cc1. The number of hydrogen-bond donors (Lipinski definition) is 1. The Morgan fingerprint density at radius 2 is 1.71 bits per heavy atom. The maximum atomic E-state index is 13.5. The lowest BCUT2D eigenvalue weighted by Gasteiger charge is -2.09. The molecule has 2 aromatic carbocycles. The molecule has 2 aromatic rings. The predicted octanol–water partition coefficient (Wildman–Crippen LogP) is 4.74. The third-order valence-corrected chi connectivity index (χ3v) is 2.98. The normalized spacial score (nSPS) is 10.3. The van der Waals surface area contributed by atoms with Crippen molar-refractivity contribution in [2.75, 3.05) is 5.32 Å². The van der Waals surface area contributed by atoms with Crippen LogP contribution in [0.1, 0.15) is 5.56 Å². The van der Waals surface area contributed by atoms with Gasteiger partial charge in [0.25, 0.3) is 0 Å². The monoisotopic (exact) mass is 269 g/mol. The number of rotatable bonds is 3. The van der Waals surface area contributed by atoms with Crippen LogP contribution in [0.15, 0.2) is 42.5 Å². The van der Waals surface area contributed by atoms with Crippen molar-refractivity contribution in [3.05, 3.63) is 63.9 Å². The lowest BCUT2D eigenvalue weighted by Crippen LogP contribution is -2.02. The summed E-state index contributed by atoms with van der Waals surface area (Å²) in [6.45, 7) is 0.340. The van der Waals surface area contributed by atoms with Gasteiger partial charge in [-0.3, -0.25) is 0 Å². The minimum atomic E-state index is -0.307. The molecule has 0 aliphatic heterocycles. The van der Waals surface area contributed by atoms with Gasteiger partial charge in [-0.25, -0.2) is 4.39 Å². The average Bonchev–Trinajstić information content (AvgIpc) is 2.31. The second kappa shape index (κ2) is 5.39. The molecule has 0 aliphatic carbocycles. The standard InChI is InChI=1S/C13H10Cl2FN/c14-9-4-6-10(7-5-9)17-8-11-12(15)2-1-3-13(11)16/h1-7,17H,8H2. The number of halogens is 3. The van der Waals surface area contributed by atoms with Crippen LogP contribution in [0.25, 0.3) is 0 Å². The molecule has 0 saturated heterocycles. The molecule has 0 atom stereocenters. The predicted molar refractivity (Wildman–Crippen MR) is 70.2 cm³/mol. The van der Waals surface area contributed by atoms with E-state index in [0.29, 0.717) is 22.2 Å². The quantitative estimate of drug-likeness (QED) is 0.849. The molecule has 1 nitrogen and oxygen atoms in total. The van der Waals surface area contributed by atoms with Crippen LogP contribution in [0.2, 0.25) is 10.0 Å². The van der Waals surface area contributed by atoms with E-state index in [0.717, 1.165) is 5.69 Å². The van der Waals surface area contributed by atoms with Crippen LogP contribution < -0.4 is 5.32 Å². The Hall–Kier alpha value is -1.25. The van der Waals surface area contributed by atoms with Gasteiger partial charge in [0.05, 0.1) is 0 Å². The molecular formula is C13H10Cl2FN. The summed E-state index contributed by atoms with van der Waals surface area (Å²) in [5, 5.41) is 4.18. The lowest BCUT2D eigenvalue weighted by molar-refractivity contribution is 0.613. The summed E-state index contributed by atoms with van der Waals surface area (Å²) in [5.74, 6) is -0.307. The van der Waals surface area contributed by atoms with Crippen LogP contribution in [-0.4, -0.2) is 0 Å². The number of nitrogens with one attached hydrogen (secondary N) is 1. The molecule has 17 heavy (non-hydrogen) atoms. The van der Waals surface area contributed by atoms with Crippen LogP contribution in [0.3, 0.4) is 0 Å².